The van der Waals surface area contributed by atoms with E-state index in [1.54, 1.807) is 35.9 Å². The van der Waals surface area contributed by atoms with E-state index >= 15 is 0 Å². The van der Waals surface area contributed by atoms with Crippen LogP contribution in [0.2, 0.25) is 0 Å². The summed E-state index contributed by atoms with van der Waals surface area (Å²) in [5, 5.41) is 18.0. The molecule has 236 valence electrons. The van der Waals surface area contributed by atoms with Crippen molar-refractivity contribution in [3.63, 3.8) is 0 Å². The molecule has 9 nitrogen and oxygen atoms in total. The lowest BCUT2D eigenvalue weighted by molar-refractivity contribution is -0.138. The number of alkyl halides is 5. The van der Waals surface area contributed by atoms with Gasteiger partial charge < -0.3 is 24.6 Å². The largest absolute Gasteiger partial charge is 0.483 e. The number of halogens is 5. The number of carboxylic acid groups (broad SMARTS) is 1. The van der Waals surface area contributed by atoms with E-state index in [1.807, 2.05) is 0 Å². The highest BCUT2D eigenvalue weighted by Crippen LogP contribution is 2.55. The molecule has 0 radical (unpaired) electrons. The van der Waals surface area contributed by atoms with E-state index in [4.69, 9.17) is 14.6 Å². The predicted molar refractivity (Wildman–Crippen MR) is 148 cm³/mol. The quantitative estimate of drug-likeness (QED) is 0.277. The van der Waals surface area contributed by atoms with Gasteiger partial charge in [-0.05, 0) is 53.3 Å². The highest BCUT2D eigenvalue weighted by atomic mass is 19.4. The van der Waals surface area contributed by atoms with Gasteiger partial charge in [-0.15, -0.1) is 10.2 Å². The molecule has 1 saturated carbocycles. The van der Waals surface area contributed by atoms with Crippen LogP contribution in [0.4, 0.5) is 27.6 Å². The molecular formula is C30H32F5N5O4. The molecule has 2 fully saturated rings. The molecule has 1 unspecified atom stereocenters. The van der Waals surface area contributed by atoms with Gasteiger partial charge in [-0.25, -0.2) is 8.78 Å². The van der Waals surface area contributed by atoms with Crippen molar-refractivity contribution in [2.75, 3.05) is 24.7 Å². The second-order valence-corrected chi connectivity index (χ2v) is 11.6. The minimum Gasteiger partial charge on any atom is -0.483 e. The average molecular weight is 622 g/mol. The average Bonchev–Trinajstić information content (AvgIpc) is 3.69. The number of nitrogens with zero attached hydrogens (tertiary/aromatic N) is 4. The molecule has 3 aromatic rings. The van der Waals surface area contributed by atoms with E-state index in [2.05, 4.69) is 15.5 Å². The molecule has 3 aliphatic rings. The highest BCUT2D eigenvalue weighted by molar-refractivity contribution is 6.10. The molecule has 0 spiro atoms. The Bertz CT molecular complexity index is 1510. The van der Waals surface area contributed by atoms with Crippen LogP contribution >= 0.6 is 0 Å². The minimum absolute atomic E-state index is 0.00945. The van der Waals surface area contributed by atoms with Crippen LogP contribution < -0.4 is 10.2 Å². The first kappa shape index (κ1) is 31.5. The second kappa shape index (κ2) is 12.2. The number of ether oxygens (including phenoxy) is 1. The summed E-state index contributed by atoms with van der Waals surface area (Å²) in [5.74, 6) is -2.53. The van der Waals surface area contributed by atoms with Crippen LogP contribution in [0.25, 0.3) is 0 Å². The molecule has 2 aliphatic heterocycles. The van der Waals surface area contributed by atoms with Crippen molar-refractivity contribution in [2.24, 2.45) is 13.0 Å². The van der Waals surface area contributed by atoms with Crippen molar-refractivity contribution < 1.29 is 41.4 Å². The molecule has 0 bridgehead atoms. The number of amides is 1. The van der Waals surface area contributed by atoms with Crippen LogP contribution in [0.3, 0.4) is 0 Å². The summed E-state index contributed by atoms with van der Waals surface area (Å²) in [6, 6.07) is 9.29. The van der Waals surface area contributed by atoms with E-state index < -0.39 is 41.8 Å². The van der Waals surface area contributed by atoms with Gasteiger partial charge in [0.2, 0.25) is 5.92 Å². The Balaban J connectivity index is 0.00000123. The van der Waals surface area contributed by atoms with Gasteiger partial charge in [-0.2, -0.15) is 13.2 Å². The maximum absolute atomic E-state index is 14.2. The van der Waals surface area contributed by atoms with E-state index in [0.29, 0.717) is 48.3 Å². The molecule has 1 saturated heterocycles. The Hall–Kier alpha value is -3.91. The molecule has 14 heteroatoms. The predicted octanol–water partition coefficient (Wildman–Crippen LogP) is 4.73. The fourth-order valence-electron chi connectivity index (χ4n) is 6.34. The van der Waals surface area contributed by atoms with Gasteiger partial charge in [-0.1, -0.05) is 12.1 Å². The molecule has 2 N–H and O–H groups in total. The van der Waals surface area contributed by atoms with Crippen molar-refractivity contribution in [2.45, 2.75) is 56.3 Å². The number of rotatable bonds is 8. The summed E-state index contributed by atoms with van der Waals surface area (Å²) in [7, 11) is 1.74. The topological polar surface area (TPSA) is 110 Å². The summed E-state index contributed by atoms with van der Waals surface area (Å²) >= 11 is 0. The molecule has 6 rings (SSSR count). The second-order valence-electron chi connectivity index (χ2n) is 11.6. The fraction of sp³-hybridized carbons (Fsp3) is 0.467. The third-order valence-electron chi connectivity index (χ3n) is 8.46. The van der Waals surface area contributed by atoms with Gasteiger partial charge in [0.15, 0.2) is 0 Å². The summed E-state index contributed by atoms with van der Waals surface area (Å²) < 4.78 is 78.0. The van der Waals surface area contributed by atoms with Gasteiger partial charge in [0.05, 0.1) is 18.7 Å². The number of carbonyl (C=O) groups excluding carboxylic acids is 1. The number of hydrogen-bond donors (Lipinski definition) is 2. The number of hydrogen-bond acceptors (Lipinski definition) is 6. The van der Waals surface area contributed by atoms with E-state index in [0.717, 1.165) is 12.5 Å². The van der Waals surface area contributed by atoms with Gasteiger partial charge in [0.1, 0.15) is 12.2 Å². The van der Waals surface area contributed by atoms with Crippen molar-refractivity contribution in [1.82, 2.24) is 20.1 Å². The van der Waals surface area contributed by atoms with Gasteiger partial charge in [0, 0.05) is 62.7 Å². The molecule has 2 aromatic carbocycles. The lowest BCUT2D eigenvalue weighted by atomic mass is 9.60. The number of carbonyl (C=O) groups is 2. The fourth-order valence-corrected chi connectivity index (χ4v) is 6.34. The summed E-state index contributed by atoms with van der Waals surface area (Å²) in [6.45, 7) is 1.59. The Morgan fingerprint density at radius 2 is 1.95 bits per heavy atom. The zero-order valence-corrected chi connectivity index (χ0v) is 23.9. The lowest BCUT2D eigenvalue weighted by Gasteiger charge is -2.48. The van der Waals surface area contributed by atoms with Crippen molar-refractivity contribution >= 4 is 18.1 Å². The minimum atomic E-state index is -4.64. The van der Waals surface area contributed by atoms with Crippen molar-refractivity contribution in [3.05, 3.63) is 76.4 Å². The van der Waals surface area contributed by atoms with Crippen LogP contribution in [0, 0.1) is 5.92 Å². The first-order valence-corrected chi connectivity index (χ1v) is 14.1. The number of nitrogens with one attached hydrogen (secondary N) is 1. The standard InChI is InChI=1S/C29H30F5N5O2.CH2O2/c1-38-17-36-37-25(38)10-27(15-28(30,31)16-27)20-3-2-4-21(9-20)39-13-23-22(26(39)40)7-19(8-24(23)29(32,33)34)12-35-11-18-5-6-41-14-18;2-1-3/h2-4,7-9,17-18,35H,5-6,10-16H2,1H3;1H,(H,2,3). The normalized spacial score (nSPS) is 20.1. The van der Waals surface area contributed by atoms with Crippen molar-refractivity contribution in [3.8, 4) is 0 Å². The molecule has 1 aromatic heterocycles. The van der Waals surface area contributed by atoms with E-state index in [9.17, 15) is 26.7 Å². The first-order chi connectivity index (χ1) is 20.9. The molecule has 1 aliphatic carbocycles. The lowest BCUT2D eigenvalue weighted by Crippen LogP contribution is -2.51. The van der Waals surface area contributed by atoms with Crippen LogP contribution in [0.15, 0.2) is 42.7 Å². The van der Waals surface area contributed by atoms with Crippen LogP contribution in [0.5, 0.6) is 0 Å². The maximum Gasteiger partial charge on any atom is 0.416 e. The van der Waals surface area contributed by atoms with Gasteiger partial charge in [0.25, 0.3) is 12.4 Å². The number of benzene rings is 2. The molecule has 1 atom stereocenters. The van der Waals surface area contributed by atoms with Gasteiger partial charge in [-0.3, -0.25) is 9.59 Å². The molecule has 44 heavy (non-hydrogen) atoms. The number of aromatic nitrogens is 3. The van der Waals surface area contributed by atoms with E-state index in [-0.39, 0.29) is 37.1 Å². The smallest absolute Gasteiger partial charge is 0.416 e. The molecule has 3 heterocycles. The summed E-state index contributed by atoms with van der Waals surface area (Å²) in [6.07, 6.45) is -2.82. The van der Waals surface area contributed by atoms with Crippen LogP contribution in [-0.2, 0) is 47.7 Å². The SMILES string of the molecule is Cn1cnnc1CC1(c2cccc(N3Cc4c(cc(CNCC5CCOC5)cc4C(F)(F)F)C3=O)c2)CC(F)(F)C1.O=CO. The zero-order valence-electron chi connectivity index (χ0n) is 23.9. The van der Waals surface area contributed by atoms with Crippen LogP contribution in [-0.4, -0.2) is 57.9 Å². The highest BCUT2D eigenvalue weighted by Gasteiger charge is 2.57. The Morgan fingerprint density at radius 3 is 2.57 bits per heavy atom. The van der Waals surface area contributed by atoms with Gasteiger partial charge >= 0.3 is 6.18 Å². The Morgan fingerprint density at radius 1 is 1.20 bits per heavy atom. The third-order valence-corrected chi connectivity index (χ3v) is 8.46. The monoisotopic (exact) mass is 621 g/mol. The summed E-state index contributed by atoms with van der Waals surface area (Å²) in [5.41, 5.74) is -0.510. The molecular weight excluding hydrogens is 589 g/mol. The number of aryl methyl sites for hydroxylation is 1. The molecule has 1 amide bonds. The van der Waals surface area contributed by atoms with Crippen LogP contribution in [0.1, 0.15) is 57.7 Å². The number of fused-ring (bicyclic) bond motifs is 1. The number of anilines is 1. The first-order valence-electron chi connectivity index (χ1n) is 14.1. The van der Waals surface area contributed by atoms with E-state index in [1.165, 1.54) is 17.3 Å². The van der Waals surface area contributed by atoms with Crippen molar-refractivity contribution in [1.29, 1.82) is 0 Å². The Kier molecular flexibility index (Phi) is 8.76. The zero-order chi connectivity index (χ0) is 31.7. The third kappa shape index (κ3) is 6.46. The maximum atomic E-state index is 14.2. The summed E-state index contributed by atoms with van der Waals surface area (Å²) in [4.78, 5) is 23.2. The Labute approximate surface area is 250 Å².